The van der Waals surface area contributed by atoms with Gasteiger partial charge in [-0.25, -0.2) is 13.1 Å². The minimum atomic E-state index is -3.76. The predicted molar refractivity (Wildman–Crippen MR) is 124 cm³/mol. The van der Waals surface area contributed by atoms with Crippen molar-refractivity contribution in [2.45, 2.75) is 42.3 Å². The third kappa shape index (κ3) is 3.64. The molecule has 160 valence electrons. The van der Waals surface area contributed by atoms with Crippen LogP contribution in [0.3, 0.4) is 0 Å². The van der Waals surface area contributed by atoms with Gasteiger partial charge in [0, 0.05) is 26.8 Å². The number of aromatic nitrogens is 1. The number of hydrogen-bond acceptors (Lipinski definition) is 3. The van der Waals surface area contributed by atoms with Gasteiger partial charge in [0.1, 0.15) is 0 Å². The summed E-state index contributed by atoms with van der Waals surface area (Å²) in [6.45, 7) is 0. The molecule has 0 amide bonds. The van der Waals surface area contributed by atoms with Crippen LogP contribution in [0, 0.1) is 0 Å². The molecule has 5 rings (SSSR count). The molecular formula is C24H23ClN2O3S. The number of aliphatic hydroxyl groups is 1. The number of hydrogen-bond donors (Lipinski definition) is 2. The summed E-state index contributed by atoms with van der Waals surface area (Å²) in [4.78, 5) is 0.142. The SMILES string of the molecule is O=S(=O)(N[C@H]1CCC[C@@H](n2c3ccccc3c3ccccc32)[C@@H]1O)c1ccc(Cl)cc1. The van der Waals surface area contributed by atoms with E-state index in [9.17, 15) is 13.5 Å². The first kappa shape index (κ1) is 20.5. The monoisotopic (exact) mass is 454 g/mol. The Morgan fingerprint density at radius 1 is 0.871 bits per heavy atom. The molecule has 1 aliphatic carbocycles. The highest BCUT2D eigenvalue weighted by Gasteiger charge is 2.36. The largest absolute Gasteiger partial charge is 0.389 e. The van der Waals surface area contributed by atoms with E-state index in [-0.39, 0.29) is 10.9 Å². The van der Waals surface area contributed by atoms with Gasteiger partial charge in [0.05, 0.1) is 23.1 Å². The third-order valence-corrected chi connectivity index (χ3v) is 7.96. The second-order valence-corrected chi connectivity index (χ2v) is 10.2. The van der Waals surface area contributed by atoms with Gasteiger partial charge in [-0.3, -0.25) is 0 Å². The zero-order valence-corrected chi connectivity index (χ0v) is 18.4. The van der Waals surface area contributed by atoms with E-state index in [4.69, 9.17) is 11.6 Å². The smallest absolute Gasteiger partial charge is 0.240 e. The van der Waals surface area contributed by atoms with Crippen LogP contribution in [0.2, 0.25) is 5.02 Å². The molecule has 0 radical (unpaired) electrons. The van der Waals surface area contributed by atoms with Crippen molar-refractivity contribution in [1.29, 1.82) is 0 Å². The van der Waals surface area contributed by atoms with Gasteiger partial charge < -0.3 is 9.67 Å². The zero-order valence-electron chi connectivity index (χ0n) is 16.8. The highest BCUT2D eigenvalue weighted by atomic mass is 35.5. The number of nitrogens with zero attached hydrogens (tertiary/aromatic N) is 1. The van der Waals surface area contributed by atoms with Crippen molar-refractivity contribution in [2.75, 3.05) is 0 Å². The van der Waals surface area contributed by atoms with Crippen LogP contribution in [0.15, 0.2) is 77.7 Å². The van der Waals surface area contributed by atoms with E-state index in [0.717, 1.165) is 34.6 Å². The van der Waals surface area contributed by atoms with Crippen LogP contribution in [0.5, 0.6) is 0 Å². The van der Waals surface area contributed by atoms with Crippen molar-refractivity contribution in [2.24, 2.45) is 0 Å². The van der Waals surface area contributed by atoms with E-state index in [1.54, 1.807) is 12.1 Å². The Labute approximate surface area is 186 Å². The summed E-state index contributed by atoms with van der Waals surface area (Å²) in [5, 5.41) is 14.0. The van der Waals surface area contributed by atoms with Gasteiger partial charge in [0.25, 0.3) is 0 Å². The minimum absolute atomic E-state index is 0.142. The van der Waals surface area contributed by atoms with Crippen molar-refractivity contribution >= 4 is 43.4 Å². The molecule has 5 nitrogen and oxygen atoms in total. The maximum absolute atomic E-state index is 12.9. The maximum atomic E-state index is 12.9. The lowest BCUT2D eigenvalue weighted by molar-refractivity contribution is 0.0547. The lowest BCUT2D eigenvalue weighted by Crippen LogP contribution is -2.49. The molecule has 0 spiro atoms. The van der Waals surface area contributed by atoms with Gasteiger partial charge in [-0.1, -0.05) is 48.0 Å². The Morgan fingerprint density at radius 2 is 1.45 bits per heavy atom. The Hall–Kier alpha value is -2.38. The molecule has 2 N–H and O–H groups in total. The van der Waals surface area contributed by atoms with Crippen molar-refractivity contribution in [3.8, 4) is 0 Å². The fourth-order valence-corrected chi connectivity index (χ4v) is 6.17. The normalized spacial score (nSPS) is 22.2. The quantitative estimate of drug-likeness (QED) is 0.461. The minimum Gasteiger partial charge on any atom is -0.389 e. The van der Waals surface area contributed by atoms with Crippen LogP contribution < -0.4 is 4.72 Å². The van der Waals surface area contributed by atoms with Gasteiger partial charge in [-0.15, -0.1) is 0 Å². The molecule has 0 aliphatic heterocycles. The zero-order chi connectivity index (χ0) is 21.6. The second-order valence-electron chi connectivity index (χ2n) is 8.07. The molecule has 1 aromatic heterocycles. The Morgan fingerprint density at radius 3 is 2.06 bits per heavy atom. The van der Waals surface area contributed by atoms with Crippen LogP contribution in [0.4, 0.5) is 0 Å². The molecular weight excluding hydrogens is 432 g/mol. The number of nitrogens with one attached hydrogen (secondary N) is 1. The van der Waals surface area contributed by atoms with Crippen LogP contribution in [-0.2, 0) is 10.0 Å². The van der Waals surface area contributed by atoms with Gasteiger partial charge in [-0.2, -0.15) is 0 Å². The lowest BCUT2D eigenvalue weighted by Gasteiger charge is -2.36. The lowest BCUT2D eigenvalue weighted by atomic mass is 9.88. The average Bonchev–Trinajstić information content (AvgIpc) is 3.10. The molecule has 4 aromatic rings. The molecule has 3 atom stereocenters. The van der Waals surface area contributed by atoms with E-state index < -0.39 is 22.2 Å². The summed E-state index contributed by atoms with van der Waals surface area (Å²) in [5.74, 6) is 0. The van der Waals surface area contributed by atoms with Crippen LogP contribution in [0.1, 0.15) is 25.3 Å². The first-order chi connectivity index (χ1) is 15.0. The summed E-state index contributed by atoms with van der Waals surface area (Å²) in [6, 6.07) is 21.6. The van der Waals surface area contributed by atoms with E-state index in [1.807, 2.05) is 24.3 Å². The van der Waals surface area contributed by atoms with Crippen LogP contribution >= 0.6 is 11.6 Å². The van der Waals surface area contributed by atoms with Crippen LogP contribution in [0.25, 0.3) is 21.8 Å². The number of rotatable bonds is 4. The number of benzene rings is 3. The van der Waals surface area contributed by atoms with Crippen molar-refractivity contribution in [1.82, 2.24) is 9.29 Å². The first-order valence-electron chi connectivity index (χ1n) is 10.4. The van der Waals surface area contributed by atoms with Gasteiger partial charge in [-0.05, 0) is 55.7 Å². The molecule has 7 heteroatoms. The summed E-state index contributed by atoms with van der Waals surface area (Å²) >= 11 is 5.89. The molecule has 1 fully saturated rings. The molecule has 0 unspecified atom stereocenters. The van der Waals surface area contributed by atoms with E-state index in [0.29, 0.717) is 11.4 Å². The average molecular weight is 455 g/mol. The molecule has 3 aromatic carbocycles. The number of aliphatic hydroxyl groups excluding tert-OH is 1. The summed E-state index contributed by atoms with van der Waals surface area (Å²) in [7, 11) is -3.76. The van der Waals surface area contributed by atoms with Crippen molar-refractivity contribution in [3.63, 3.8) is 0 Å². The van der Waals surface area contributed by atoms with Gasteiger partial charge in [0.2, 0.25) is 10.0 Å². The van der Waals surface area contributed by atoms with Gasteiger partial charge >= 0.3 is 0 Å². The molecule has 1 heterocycles. The highest BCUT2D eigenvalue weighted by molar-refractivity contribution is 7.89. The molecule has 0 bridgehead atoms. The fraction of sp³-hybridized carbons (Fsp3) is 0.250. The highest BCUT2D eigenvalue weighted by Crippen LogP contribution is 2.38. The predicted octanol–water partition coefficient (Wildman–Crippen LogP) is 4.88. The fourth-order valence-electron chi connectivity index (χ4n) is 4.76. The summed E-state index contributed by atoms with van der Waals surface area (Å²) in [6.07, 6.45) is 1.33. The molecule has 0 saturated heterocycles. The molecule has 1 aliphatic rings. The van der Waals surface area contributed by atoms with Gasteiger partial charge in [0.15, 0.2) is 0 Å². The van der Waals surface area contributed by atoms with E-state index in [1.165, 1.54) is 12.1 Å². The summed E-state index contributed by atoms with van der Waals surface area (Å²) < 4.78 is 30.7. The first-order valence-corrected chi connectivity index (χ1v) is 12.3. The van der Waals surface area contributed by atoms with Crippen molar-refractivity contribution < 1.29 is 13.5 Å². The third-order valence-electron chi connectivity index (χ3n) is 6.20. The standard InChI is InChI=1S/C24H23ClN2O3S/c25-16-12-14-17(15-13-16)31(29,30)26-20-8-5-11-23(24(20)28)27-21-9-3-1-6-18(21)19-7-2-4-10-22(19)27/h1-4,6-7,9-10,12-15,20,23-24,26,28H,5,8,11H2/t20-,23+,24+/m0/s1. The number of fused-ring (bicyclic) bond motifs is 3. The topological polar surface area (TPSA) is 71.3 Å². The number of sulfonamides is 1. The molecule has 1 saturated carbocycles. The van der Waals surface area contributed by atoms with E-state index in [2.05, 4.69) is 33.6 Å². The second kappa shape index (κ2) is 7.95. The summed E-state index contributed by atoms with van der Waals surface area (Å²) in [5.41, 5.74) is 2.10. The molecule has 31 heavy (non-hydrogen) atoms. The Bertz CT molecular complexity index is 1300. The Kier molecular flexibility index (Phi) is 5.26. The Balaban J connectivity index is 1.51. The number of halogens is 1. The van der Waals surface area contributed by atoms with E-state index >= 15 is 0 Å². The maximum Gasteiger partial charge on any atom is 0.240 e. The van der Waals surface area contributed by atoms with Crippen LogP contribution in [-0.4, -0.2) is 30.2 Å². The van der Waals surface area contributed by atoms with Crippen molar-refractivity contribution in [3.05, 3.63) is 77.8 Å². The number of para-hydroxylation sites is 2.